The van der Waals surface area contributed by atoms with Gasteiger partial charge in [0, 0.05) is 12.7 Å². The Hall–Kier alpha value is -1.69. The summed E-state index contributed by atoms with van der Waals surface area (Å²) in [4.78, 5) is 26.1. The van der Waals surface area contributed by atoms with Crippen LogP contribution in [0.2, 0.25) is 5.15 Å². The first-order valence-electron chi connectivity index (χ1n) is 6.61. The third kappa shape index (κ3) is 2.35. The summed E-state index contributed by atoms with van der Waals surface area (Å²) >= 11 is 5.70. The van der Waals surface area contributed by atoms with Crippen LogP contribution < -0.4 is 5.32 Å². The first-order chi connectivity index (χ1) is 9.53. The molecular formula is C13H14ClN3O3. The Labute approximate surface area is 120 Å². The molecule has 0 aromatic carbocycles. The highest BCUT2D eigenvalue weighted by molar-refractivity contribution is 6.32. The molecule has 0 saturated heterocycles. The van der Waals surface area contributed by atoms with Gasteiger partial charge in [-0.3, -0.25) is 14.9 Å². The van der Waals surface area contributed by atoms with Crippen molar-refractivity contribution >= 4 is 23.2 Å². The van der Waals surface area contributed by atoms with E-state index in [2.05, 4.69) is 10.3 Å². The second-order valence-electron chi connectivity index (χ2n) is 5.57. The maximum atomic E-state index is 12.1. The van der Waals surface area contributed by atoms with Crippen LogP contribution in [0.1, 0.15) is 36.0 Å². The van der Waals surface area contributed by atoms with Crippen molar-refractivity contribution in [2.45, 2.75) is 25.7 Å². The van der Waals surface area contributed by atoms with Gasteiger partial charge in [0.15, 0.2) is 0 Å². The molecule has 1 aromatic heterocycles. The average molecular weight is 296 g/mol. The number of carbonyl (C=O) groups is 1. The van der Waals surface area contributed by atoms with Crippen molar-refractivity contribution in [3.63, 3.8) is 0 Å². The summed E-state index contributed by atoms with van der Waals surface area (Å²) in [5.74, 6) is 0.270. The maximum absolute atomic E-state index is 12.1. The standard InChI is InChI=1S/C13H14ClN3O3/c14-11-10(17(19)20)9(3-6-15-11)12(18)16-7-13(4-5-13)8-1-2-8/h3,6,8H,1-2,4-5,7H2,(H,16,18). The van der Waals surface area contributed by atoms with Crippen LogP contribution in [0.5, 0.6) is 0 Å². The van der Waals surface area contributed by atoms with Gasteiger partial charge in [-0.15, -0.1) is 0 Å². The van der Waals surface area contributed by atoms with E-state index < -0.39 is 16.5 Å². The van der Waals surface area contributed by atoms with Crippen LogP contribution in [0.3, 0.4) is 0 Å². The molecule has 0 unspecified atom stereocenters. The third-order valence-corrected chi connectivity index (χ3v) is 4.52. The van der Waals surface area contributed by atoms with E-state index >= 15 is 0 Å². The lowest BCUT2D eigenvalue weighted by atomic mass is 10.0. The minimum atomic E-state index is -0.669. The van der Waals surface area contributed by atoms with Crippen molar-refractivity contribution in [2.24, 2.45) is 11.3 Å². The molecule has 6 nitrogen and oxygen atoms in total. The second-order valence-corrected chi connectivity index (χ2v) is 5.93. The van der Waals surface area contributed by atoms with E-state index in [-0.39, 0.29) is 16.1 Å². The Morgan fingerprint density at radius 3 is 2.80 bits per heavy atom. The number of nitrogens with zero attached hydrogens (tertiary/aromatic N) is 2. The molecule has 3 rings (SSSR count). The lowest BCUT2D eigenvalue weighted by Gasteiger charge is -2.14. The van der Waals surface area contributed by atoms with Crippen LogP contribution in [0.15, 0.2) is 12.3 Å². The molecular weight excluding hydrogens is 282 g/mol. The Morgan fingerprint density at radius 2 is 2.25 bits per heavy atom. The Kier molecular flexibility index (Phi) is 3.12. The van der Waals surface area contributed by atoms with E-state index in [9.17, 15) is 14.9 Å². The van der Waals surface area contributed by atoms with Crippen molar-refractivity contribution < 1.29 is 9.72 Å². The van der Waals surface area contributed by atoms with Gasteiger partial charge in [-0.05, 0) is 43.1 Å². The van der Waals surface area contributed by atoms with Gasteiger partial charge in [-0.2, -0.15) is 0 Å². The van der Waals surface area contributed by atoms with E-state index in [1.165, 1.54) is 25.1 Å². The Balaban J connectivity index is 1.74. The summed E-state index contributed by atoms with van der Waals surface area (Å²) < 4.78 is 0. The molecule has 2 fully saturated rings. The number of hydrogen-bond donors (Lipinski definition) is 1. The molecule has 0 radical (unpaired) electrons. The largest absolute Gasteiger partial charge is 0.351 e. The molecule has 7 heteroatoms. The van der Waals surface area contributed by atoms with E-state index in [1.54, 1.807) is 0 Å². The summed E-state index contributed by atoms with van der Waals surface area (Å²) in [6.07, 6.45) is 6.04. The van der Waals surface area contributed by atoms with Crippen LogP contribution in [-0.4, -0.2) is 22.4 Å². The number of amides is 1. The van der Waals surface area contributed by atoms with Gasteiger partial charge in [0.1, 0.15) is 5.56 Å². The Bertz CT molecular complexity index is 582. The maximum Gasteiger partial charge on any atom is 0.319 e. The summed E-state index contributed by atoms with van der Waals surface area (Å²) in [6.45, 7) is 0.591. The molecule has 0 spiro atoms. The van der Waals surface area contributed by atoms with E-state index in [4.69, 9.17) is 11.6 Å². The minimum Gasteiger partial charge on any atom is -0.351 e. The van der Waals surface area contributed by atoms with Crippen LogP contribution in [0.4, 0.5) is 5.69 Å². The van der Waals surface area contributed by atoms with Crippen molar-refractivity contribution in [3.05, 3.63) is 33.1 Å². The van der Waals surface area contributed by atoms with E-state index in [1.807, 2.05) is 0 Å². The smallest absolute Gasteiger partial charge is 0.319 e. The van der Waals surface area contributed by atoms with E-state index in [0.717, 1.165) is 18.8 Å². The number of aromatic nitrogens is 1. The molecule has 20 heavy (non-hydrogen) atoms. The van der Waals surface area contributed by atoms with E-state index in [0.29, 0.717) is 6.54 Å². The zero-order valence-corrected chi connectivity index (χ0v) is 11.5. The number of nitro groups is 1. The van der Waals surface area contributed by atoms with Crippen LogP contribution in [-0.2, 0) is 0 Å². The highest BCUT2D eigenvalue weighted by Gasteiger charge is 2.53. The van der Waals surface area contributed by atoms with Crippen LogP contribution in [0.25, 0.3) is 0 Å². The molecule has 2 saturated carbocycles. The number of hydrogen-bond acceptors (Lipinski definition) is 4. The lowest BCUT2D eigenvalue weighted by Crippen LogP contribution is -2.31. The fraction of sp³-hybridized carbons (Fsp3) is 0.538. The van der Waals surface area contributed by atoms with Gasteiger partial charge >= 0.3 is 5.69 Å². The van der Waals surface area contributed by atoms with Gasteiger partial charge in [0.25, 0.3) is 5.91 Å². The molecule has 1 heterocycles. The van der Waals surface area contributed by atoms with Crippen molar-refractivity contribution in [1.82, 2.24) is 10.3 Å². The predicted octanol–water partition coefficient (Wildman–Crippen LogP) is 2.56. The average Bonchev–Trinajstić information content (AvgIpc) is 3.27. The van der Waals surface area contributed by atoms with Crippen molar-refractivity contribution in [3.8, 4) is 0 Å². The number of halogens is 1. The summed E-state index contributed by atoms with van der Waals surface area (Å²) in [7, 11) is 0. The summed E-state index contributed by atoms with van der Waals surface area (Å²) in [5, 5.41) is 13.5. The first-order valence-corrected chi connectivity index (χ1v) is 6.98. The summed E-state index contributed by atoms with van der Waals surface area (Å²) in [6, 6.07) is 1.33. The van der Waals surface area contributed by atoms with Gasteiger partial charge in [0.05, 0.1) is 4.92 Å². The van der Waals surface area contributed by atoms with Gasteiger partial charge in [-0.1, -0.05) is 11.6 Å². The minimum absolute atomic E-state index is 0.0263. The first kappa shape index (κ1) is 13.3. The molecule has 106 valence electrons. The summed E-state index contributed by atoms with van der Waals surface area (Å²) in [5.41, 5.74) is -0.203. The molecule has 2 aliphatic rings. The molecule has 1 aromatic rings. The fourth-order valence-electron chi connectivity index (χ4n) is 2.72. The van der Waals surface area contributed by atoms with Crippen LogP contribution >= 0.6 is 11.6 Å². The molecule has 0 atom stereocenters. The highest BCUT2D eigenvalue weighted by atomic mass is 35.5. The van der Waals surface area contributed by atoms with Crippen molar-refractivity contribution in [1.29, 1.82) is 0 Å². The van der Waals surface area contributed by atoms with Gasteiger partial charge in [0.2, 0.25) is 5.15 Å². The van der Waals surface area contributed by atoms with Gasteiger partial charge in [-0.25, -0.2) is 4.98 Å². The van der Waals surface area contributed by atoms with Crippen LogP contribution in [0, 0.1) is 21.4 Å². The topological polar surface area (TPSA) is 85.1 Å². The Morgan fingerprint density at radius 1 is 1.55 bits per heavy atom. The number of carbonyl (C=O) groups excluding carboxylic acids is 1. The molecule has 1 amide bonds. The zero-order chi connectivity index (χ0) is 14.3. The highest BCUT2D eigenvalue weighted by Crippen LogP contribution is 2.60. The lowest BCUT2D eigenvalue weighted by molar-refractivity contribution is -0.385. The molecule has 1 N–H and O–H groups in total. The SMILES string of the molecule is O=C(NCC1(C2CC2)CC1)c1ccnc(Cl)c1[N+](=O)[O-]. The zero-order valence-electron chi connectivity index (χ0n) is 10.8. The van der Waals surface area contributed by atoms with Crippen molar-refractivity contribution in [2.75, 3.05) is 6.54 Å². The predicted molar refractivity (Wildman–Crippen MR) is 72.6 cm³/mol. The number of pyridine rings is 1. The monoisotopic (exact) mass is 295 g/mol. The number of nitrogens with one attached hydrogen (secondary N) is 1. The fourth-order valence-corrected chi connectivity index (χ4v) is 2.95. The molecule has 2 aliphatic carbocycles. The molecule has 0 aliphatic heterocycles. The quantitative estimate of drug-likeness (QED) is 0.514. The normalized spacial score (nSPS) is 19.4. The number of rotatable bonds is 5. The third-order valence-electron chi connectivity index (χ3n) is 4.24. The van der Waals surface area contributed by atoms with Gasteiger partial charge < -0.3 is 5.32 Å². The molecule has 0 bridgehead atoms. The second kappa shape index (κ2) is 4.70.